The second-order valence-corrected chi connectivity index (χ2v) is 19.6. The average Bonchev–Trinajstić information content (AvgIpc) is 3.82. The van der Waals surface area contributed by atoms with Crippen LogP contribution in [-0.2, 0) is 128 Å². The van der Waals surface area contributed by atoms with Gasteiger partial charge in [-0.3, -0.25) is 28.8 Å². The van der Waals surface area contributed by atoms with Gasteiger partial charge in [0, 0.05) is 32.6 Å². The van der Waals surface area contributed by atoms with E-state index in [4.69, 9.17) is 119 Å². The fourth-order valence-electron chi connectivity index (χ4n) is 4.23. The van der Waals surface area contributed by atoms with Crippen molar-refractivity contribution in [2.45, 2.75) is 116 Å². The summed E-state index contributed by atoms with van der Waals surface area (Å²) in [6.07, 6.45) is 11.6. The van der Waals surface area contributed by atoms with Crippen molar-refractivity contribution in [1.29, 1.82) is 0 Å². The van der Waals surface area contributed by atoms with E-state index in [1.807, 2.05) is 0 Å². The fraction of sp³-hybridized carbons (Fsp3) is 0.500. The van der Waals surface area contributed by atoms with Gasteiger partial charge in [0.2, 0.25) is 21.8 Å². The molecule has 4 atom stereocenters. The minimum absolute atomic E-state index is 0. The number of aromatic nitrogens is 2. The van der Waals surface area contributed by atoms with Crippen LogP contribution in [0.1, 0.15) is 98.0 Å². The smallest absolute Gasteiger partial charge is 0.693 e. The van der Waals surface area contributed by atoms with Crippen LogP contribution < -0.4 is 0 Å². The minimum Gasteiger partial charge on any atom is -0.693 e. The fourth-order valence-corrected chi connectivity index (χ4v) is 4.74. The van der Waals surface area contributed by atoms with E-state index in [-0.39, 0.29) is 112 Å². The summed E-state index contributed by atoms with van der Waals surface area (Å²) in [6, 6.07) is 6.68. The maximum atomic E-state index is 11.2. The van der Waals surface area contributed by atoms with Crippen LogP contribution in [0.3, 0.4) is 0 Å². The van der Waals surface area contributed by atoms with Crippen LogP contribution in [0, 0.1) is 25.7 Å². The first-order valence-electron chi connectivity index (χ1n) is 21.2. The zero-order valence-electron chi connectivity index (χ0n) is 43.9. The SMILES string of the molecule is C.CC(=O)O.CC(=O)O.CC(=O)O.CS(=O)(=O)c1nnc(-c2ccc(CC(=O)O)cc2)o1.O=C(O)C(=O)O.O=C(O)C(=O)O.O=C(O)CCN=C=S.O=C=NCCC(=O)O.[CH2-][C@@H]1CCCC[C@H]1[NH-].[CH2-][C@@H]1CCCC[C@H]1[NH-].[Cl][Pt+2][Cl].[NH2-].[NH2-].[Pt+2].[Pt+2]. The molecule has 83 heavy (non-hydrogen) atoms. The number of nitrogens with two attached hydrogens (primary N) is 2. The third-order valence-electron chi connectivity index (χ3n) is 7.47. The standard InChI is InChI=1S/C11H10N2O5S.2C7H13N.C4H5NO3.C4H5NO2S.2C2H2O4.3C2H4O2.CH4.2ClH.2H2N.3Pt/c1-19(16,17)11-13-12-10(18-11)8-4-2-7(3-5-8)6-9(14)15;2*1-6-4-2-3-5-7(6)8;6-3-5-2-1-4(7)8;6-4(7)1-2-5-3-8;2*3-1(4)2(5)6;3*1-2(3)4;;;;;;;;/h2-5H,6H2,1H3,(H,14,15);2*6-8H,1-5H2;1-2H2,(H,7,8);1-2H2,(H,6,7);2*(H,3,4)(H,5,6);3*1H3,(H,3,4);1H4;2*1H;2*1H2;;;/q;2*-2;;;;;;;;;;;2*-1;2*+2;+4/p-2/t;2*6-,7-;;;;;;;;;;;;;;;/m.11.............../s1. The maximum absolute atomic E-state index is 11.2. The molecule has 0 amide bonds. The normalized spacial score (nSPS) is 14.0. The van der Waals surface area contributed by atoms with E-state index in [0.717, 1.165) is 39.9 Å². The number of carbonyl (C=O) groups is 10. The Balaban J connectivity index is -0.0000000697. The number of thiocarbonyl (C=S) groups is 1. The number of benzene rings is 1. The molecule has 1 aromatic heterocycles. The number of nitrogens with one attached hydrogen (secondary N) is 2. The summed E-state index contributed by atoms with van der Waals surface area (Å²) in [5.41, 5.74) is 16.0. The molecule has 2 aliphatic carbocycles. The Morgan fingerprint density at radius 1 is 0.651 bits per heavy atom. The second kappa shape index (κ2) is 69.2. The molecular weight excluding hydrogens is 1740 g/mol. The van der Waals surface area contributed by atoms with E-state index in [2.05, 4.69) is 51.4 Å². The van der Waals surface area contributed by atoms with Gasteiger partial charge in [-0.25, -0.2) is 42.4 Å². The predicted octanol–water partition coefficient (Wildman–Crippen LogP) is 8.02. The van der Waals surface area contributed by atoms with Gasteiger partial charge < -0.3 is 93.1 Å². The number of carboxylic acids is 10. The number of isocyanates is 1. The molecule has 1 aromatic carbocycles. The molecule has 2 fully saturated rings. The molecule has 39 heteroatoms. The van der Waals surface area contributed by atoms with Gasteiger partial charge in [-0.15, -0.1) is 5.10 Å². The first kappa shape index (κ1) is 106. The van der Waals surface area contributed by atoms with Gasteiger partial charge in [-0.05, 0) is 29.9 Å². The van der Waals surface area contributed by atoms with E-state index in [9.17, 15) is 27.6 Å². The van der Waals surface area contributed by atoms with Crippen molar-refractivity contribution >= 4 is 112 Å². The van der Waals surface area contributed by atoms with E-state index >= 15 is 0 Å². The zero-order valence-corrected chi connectivity index (χ0v) is 53.8. The number of hydrogen-bond acceptors (Lipinski definition) is 19. The number of sulfone groups is 1. The predicted molar refractivity (Wildman–Crippen MR) is 292 cm³/mol. The van der Waals surface area contributed by atoms with Crippen molar-refractivity contribution in [2.24, 2.45) is 21.8 Å². The van der Waals surface area contributed by atoms with E-state index in [1.54, 1.807) is 24.3 Å². The van der Waals surface area contributed by atoms with Crippen molar-refractivity contribution in [2.75, 3.05) is 19.3 Å². The van der Waals surface area contributed by atoms with Gasteiger partial charge in [-0.1, -0.05) is 76.0 Å². The number of isothiocyanates is 1. The largest absolute Gasteiger partial charge is 2.00 e. The molecule has 0 spiro atoms. The van der Waals surface area contributed by atoms with Crippen LogP contribution in [0.4, 0.5) is 0 Å². The van der Waals surface area contributed by atoms with Gasteiger partial charge in [0.25, 0.3) is 17.9 Å². The summed E-state index contributed by atoms with van der Waals surface area (Å²) in [5, 5.41) is 85.1. The second-order valence-electron chi connectivity index (χ2n) is 14.3. The average molecular weight is 1820 g/mol. The molecule has 4 rings (SSSR count). The van der Waals surface area contributed by atoms with E-state index in [1.165, 1.54) is 44.6 Å². The number of rotatable bonds is 10. The van der Waals surface area contributed by atoms with Crippen molar-refractivity contribution < 1.29 is 175 Å². The summed E-state index contributed by atoms with van der Waals surface area (Å²) in [7, 11) is 6.22. The molecule has 0 radical (unpaired) electrons. The van der Waals surface area contributed by atoms with Gasteiger partial charge >= 0.3 is 124 Å². The first-order chi connectivity index (χ1) is 35.9. The number of aliphatic carboxylic acids is 10. The third kappa shape index (κ3) is 93.4. The van der Waals surface area contributed by atoms with Gasteiger partial charge in [0.1, 0.15) is 0 Å². The number of carboxylic acid groups (broad SMARTS) is 10. The molecule has 486 valence electrons. The molecule has 0 aliphatic heterocycles. The number of hydrogen-bond donors (Lipinski definition) is 10. The quantitative estimate of drug-likeness (QED) is 0.0354. The summed E-state index contributed by atoms with van der Waals surface area (Å²) in [6.45, 7) is 11.3. The van der Waals surface area contributed by atoms with Gasteiger partial charge in [0.15, 0.2) is 0 Å². The molecule has 0 unspecified atom stereocenters. The Morgan fingerprint density at radius 3 is 1.16 bits per heavy atom. The molecule has 16 N–H and O–H groups in total. The Labute approximate surface area is 529 Å². The van der Waals surface area contributed by atoms with Crippen LogP contribution in [0.15, 0.2) is 43.9 Å². The molecule has 0 saturated heterocycles. The molecule has 2 saturated carbocycles. The Bertz CT molecular complexity index is 2150. The first-order valence-corrected chi connectivity index (χ1v) is 29.1. The topological polar surface area (TPSA) is 602 Å². The van der Waals surface area contributed by atoms with Crippen molar-refractivity contribution in [3.05, 3.63) is 67.4 Å². The van der Waals surface area contributed by atoms with Crippen molar-refractivity contribution in [3.63, 3.8) is 0 Å². The molecule has 2 aromatic rings. The van der Waals surface area contributed by atoms with Gasteiger partial charge in [0.05, 0.1) is 37.5 Å². The number of aliphatic imine (C=N–C) groups is 2. The Hall–Kier alpha value is -5.33. The number of halogens is 2. The van der Waals surface area contributed by atoms with Crippen LogP contribution >= 0.6 is 31.1 Å². The van der Waals surface area contributed by atoms with E-state index in [0.29, 0.717) is 23.0 Å². The number of carbonyl (C=O) groups excluding carboxylic acids is 1. The monoisotopic (exact) mass is 1810 g/mol. The van der Waals surface area contributed by atoms with Crippen LogP contribution in [0.25, 0.3) is 35.2 Å². The summed E-state index contributed by atoms with van der Waals surface area (Å²) < 4.78 is 27.4. The Morgan fingerprint density at radius 2 is 0.952 bits per heavy atom. The van der Waals surface area contributed by atoms with Crippen molar-refractivity contribution in [3.8, 4) is 11.5 Å². The molecular formula is C44H70Cl2N8O24Pt3S2. The van der Waals surface area contributed by atoms with Crippen LogP contribution in [0.2, 0.25) is 0 Å². The van der Waals surface area contributed by atoms with Crippen molar-refractivity contribution in [1.82, 2.24) is 10.2 Å². The summed E-state index contributed by atoms with van der Waals surface area (Å²) >= 11 is 3.72. The zero-order chi connectivity index (χ0) is 62.6. The summed E-state index contributed by atoms with van der Waals surface area (Å²) in [4.78, 5) is 109. The molecule has 2 aliphatic rings. The van der Waals surface area contributed by atoms with E-state index < -0.39 is 91.2 Å². The third-order valence-corrected chi connectivity index (χ3v) is 8.40. The van der Waals surface area contributed by atoms with Crippen LogP contribution in [0.5, 0.6) is 0 Å². The maximum Gasteiger partial charge on any atom is 2.00 e. The molecule has 32 nitrogen and oxygen atoms in total. The minimum atomic E-state index is -3.53. The Kier molecular flexibility index (Phi) is 88.2. The number of nitrogens with zero attached hydrogens (tertiary/aromatic N) is 4. The van der Waals surface area contributed by atoms with Crippen LogP contribution in [-0.4, -0.2) is 172 Å². The summed E-state index contributed by atoms with van der Waals surface area (Å²) in [5.74, 6) is -11.6. The molecule has 0 bridgehead atoms. The van der Waals surface area contributed by atoms with Gasteiger partial charge in [-0.2, -0.15) is 23.9 Å². The molecule has 1 heterocycles.